The molecule has 2 aromatic carbocycles. The SMILES string of the molecule is CC#CC1(O)CC[C@@]2(Cc3ccccc3)c3ccc(C(=O)O)cc3CC[C@@H]2C1. The van der Waals surface area contributed by atoms with Crippen molar-refractivity contribution in [2.75, 3.05) is 0 Å². The Morgan fingerprint density at radius 2 is 1.96 bits per heavy atom. The van der Waals surface area contributed by atoms with Gasteiger partial charge in [-0.3, -0.25) is 0 Å². The molecule has 2 aliphatic rings. The van der Waals surface area contributed by atoms with Crippen molar-refractivity contribution < 1.29 is 15.0 Å². The minimum absolute atomic E-state index is 0.0758. The maximum atomic E-state index is 11.4. The zero-order valence-electron chi connectivity index (χ0n) is 16.2. The summed E-state index contributed by atoms with van der Waals surface area (Å²) in [7, 11) is 0. The summed E-state index contributed by atoms with van der Waals surface area (Å²) < 4.78 is 0. The van der Waals surface area contributed by atoms with Crippen LogP contribution in [0, 0.1) is 17.8 Å². The summed E-state index contributed by atoms with van der Waals surface area (Å²) in [6.07, 6.45) is 4.91. The minimum atomic E-state index is -0.905. The van der Waals surface area contributed by atoms with Gasteiger partial charge in [0.25, 0.3) is 0 Å². The number of carbonyl (C=O) groups is 1. The predicted octanol–water partition coefficient (Wildman–Crippen LogP) is 4.37. The van der Waals surface area contributed by atoms with E-state index in [2.05, 4.69) is 36.1 Å². The van der Waals surface area contributed by atoms with E-state index in [-0.39, 0.29) is 5.41 Å². The molecule has 1 saturated carbocycles. The highest BCUT2D eigenvalue weighted by atomic mass is 16.4. The molecule has 2 aromatic rings. The van der Waals surface area contributed by atoms with Gasteiger partial charge < -0.3 is 10.2 Å². The fourth-order valence-electron chi connectivity index (χ4n) is 5.46. The van der Waals surface area contributed by atoms with Gasteiger partial charge in [-0.1, -0.05) is 42.3 Å². The number of hydrogen-bond donors (Lipinski definition) is 2. The molecule has 1 unspecified atom stereocenters. The number of aryl methyl sites for hydroxylation is 1. The lowest BCUT2D eigenvalue weighted by Crippen LogP contribution is -2.50. The molecule has 0 aliphatic heterocycles. The van der Waals surface area contributed by atoms with Crippen molar-refractivity contribution in [2.24, 2.45) is 5.92 Å². The summed E-state index contributed by atoms with van der Waals surface area (Å²) >= 11 is 0. The van der Waals surface area contributed by atoms with E-state index in [1.165, 1.54) is 11.1 Å². The topological polar surface area (TPSA) is 57.5 Å². The maximum Gasteiger partial charge on any atom is 0.335 e. The molecule has 2 N–H and O–H groups in total. The van der Waals surface area contributed by atoms with Crippen LogP contribution >= 0.6 is 0 Å². The van der Waals surface area contributed by atoms with Gasteiger partial charge in [0.1, 0.15) is 5.60 Å². The van der Waals surface area contributed by atoms with Crippen molar-refractivity contribution in [3.05, 3.63) is 70.8 Å². The number of benzene rings is 2. The van der Waals surface area contributed by atoms with Gasteiger partial charge in [0.15, 0.2) is 0 Å². The Morgan fingerprint density at radius 1 is 1.18 bits per heavy atom. The second-order valence-electron chi connectivity index (χ2n) is 8.34. The van der Waals surface area contributed by atoms with Gasteiger partial charge in [0.05, 0.1) is 5.56 Å². The Bertz CT molecular complexity index is 953. The second kappa shape index (κ2) is 7.11. The average molecular weight is 374 g/mol. The Labute approximate surface area is 166 Å². The van der Waals surface area contributed by atoms with E-state index in [4.69, 9.17) is 0 Å². The van der Waals surface area contributed by atoms with Crippen LogP contribution in [0.25, 0.3) is 0 Å². The summed E-state index contributed by atoms with van der Waals surface area (Å²) in [5.41, 5.74) is 3.08. The zero-order chi connectivity index (χ0) is 19.8. The number of aromatic carboxylic acids is 1. The van der Waals surface area contributed by atoms with E-state index in [0.717, 1.165) is 31.2 Å². The smallest absolute Gasteiger partial charge is 0.335 e. The molecule has 28 heavy (non-hydrogen) atoms. The van der Waals surface area contributed by atoms with Gasteiger partial charge in [-0.15, -0.1) is 5.92 Å². The lowest BCUT2D eigenvalue weighted by molar-refractivity contribution is -0.00801. The van der Waals surface area contributed by atoms with E-state index in [1.807, 2.05) is 18.2 Å². The van der Waals surface area contributed by atoms with Gasteiger partial charge in [-0.05, 0) is 80.2 Å². The first kappa shape index (κ1) is 18.8. The number of hydrogen-bond acceptors (Lipinski definition) is 2. The van der Waals surface area contributed by atoms with Crippen LogP contribution in [0.5, 0.6) is 0 Å². The number of rotatable bonds is 3. The quantitative estimate of drug-likeness (QED) is 0.785. The second-order valence-corrected chi connectivity index (χ2v) is 8.34. The van der Waals surface area contributed by atoms with Crippen LogP contribution in [-0.4, -0.2) is 21.8 Å². The van der Waals surface area contributed by atoms with Crippen molar-refractivity contribution in [3.8, 4) is 11.8 Å². The molecule has 0 spiro atoms. The van der Waals surface area contributed by atoms with Crippen molar-refractivity contribution >= 4 is 5.97 Å². The normalized spacial score (nSPS) is 28.4. The molecule has 0 aromatic heterocycles. The van der Waals surface area contributed by atoms with Gasteiger partial charge in [-0.2, -0.15) is 0 Å². The van der Waals surface area contributed by atoms with E-state index < -0.39 is 11.6 Å². The van der Waals surface area contributed by atoms with Crippen LogP contribution < -0.4 is 0 Å². The van der Waals surface area contributed by atoms with Gasteiger partial charge in [0, 0.05) is 5.41 Å². The van der Waals surface area contributed by atoms with E-state index >= 15 is 0 Å². The molecule has 0 heterocycles. The molecule has 3 atom stereocenters. The third-order valence-electron chi connectivity index (χ3n) is 6.72. The number of aliphatic hydroxyl groups is 1. The summed E-state index contributed by atoms with van der Waals surface area (Å²) in [4.78, 5) is 11.4. The average Bonchev–Trinajstić information content (AvgIpc) is 2.69. The monoisotopic (exact) mass is 374 g/mol. The number of carboxylic acids is 1. The maximum absolute atomic E-state index is 11.4. The number of carboxylic acid groups (broad SMARTS) is 1. The Morgan fingerprint density at radius 3 is 2.68 bits per heavy atom. The van der Waals surface area contributed by atoms with Crippen LogP contribution in [0.15, 0.2) is 48.5 Å². The molecule has 0 bridgehead atoms. The molecule has 2 aliphatic carbocycles. The van der Waals surface area contributed by atoms with Crippen LogP contribution in [-0.2, 0) is 18.3 Å². The van der Waals surface area contributed by atoms with E-state index in [1.54, 1.807) is 13.0 Å². The van der Waals surface area contributed by atoms with Crippen LogP contribution in [0.1, 0.15) is 59.7 Å². The Hall–Kier alpha value is -2.57. The molecule has 144 valence electrons. The third kappa shape index (κ3) is 3.23. The predicted molar refractivity (Wildman–Crippen MR) is 109 cm³/mol. The minimum Gasteiger partial charge on any atom is -0.478 e. The van der Waals surface area contributed by atoms with E-state index in [0.29, 0.717) is 24.3 Å². The van der Waals surface area contributed by atoms with Crippen LogP contribution in [0.2, 0.25) is 0 Å². The standard InChI is InChI=1S/C25H26O3/c1-2-12-24(28)13-14-25(16-18-6-4-3-5-7-18)21(17-24)10-8-19-15-20(23(26)27)9-11-22(19)25/h3-7,9,11,15,21,28H,8,10,13-14,16-17H2,1H3,(H,26,27)/t21-,24?,25+/m1/s1. The number of fused-ring (bicyclic) bond motifs is 3. The van der Waals surface area contributed by atoms with Gasteiger partial charge >= 0.3 is 5.97 Å². The lowest BCUT2D eigenvalue weighted by Gasteiger charge is -2.52. The fraction of sp³-hybridized carbons (Fsp3) is 0.400. The van der Waals surface area contributed by atoms with Crippen molar-refractivity contribution in [1.82, 2.24) is 0 Å². The summed E-state index contributed by atoms with van der Waals surface area (Å²) in [6, 6.07) is 16.1. The van der Waals surface area contributed by atoms with Crippen LogP contribution in [0.3, 0.4) is 0 Å². The molecule has 3 nitrogen and oxygen atoms in total. The highest BCUT2D eigenvalue weighted by Gasteiger charge is 2.51. The van der Waals surface area contributed by atoms with Gasteiger partial charge in [0.2, 0.25) is 0 Å². The first-order valence-corrected chi connectivity index (χ1v) is 10.0. The Kier molecular flexibility index (Phi) is 4.77. The van der Waals surface area contributed by atoms with Crippen LogP contribution in [0.4, 0.5) is 0 Å². The largest absolute Gasteiger partial charge is 0.478 e. The lowest BCUT2D eigenvalue weighted by atomic mass is 9.52. The van der Waals surface area contributed by atoms with Gasteiger partial charge in [-0.25, -0.2) is 4.79 Å². The Balaban J connectivity index is 1.80. The molecular formula is C25H26O3. The molecule has 0 radical (unpaired) electrons. The summed E-state index contributed by atoms with van der Waals surface area (Å²) in [6.45, 7) is 1.79. The van der Waals surface area contributed by atoms with Crippen molar-refractivity contribution in [1.29, 1.82) is 0 Å². The summed E-state index contributed by atoms with van der Waals surface area (Å²) in [5, 5.41) is 20.4. The highest BCUT2D eigenvalue weighted by Crippen LogP contribution is 2.54. The summed E-state index contributed by atoms with van der Waals surface area (Å²) in [5.74, 6) is 5.41. The van der Waals surface area contributed by atoms with E-state index in [9.17, 15) is 15.0 Å². The fourth-order valence-corrected chi connectivity index (χ4v) is 5.46. The molecular weight excluding hydrogens is 348 g/mol. The molecule has 1 fully saturated rings. The molecule has 3 heteroatoms. The first-order valence-electron chi connectivity index (χ1n) is 10.0. The van der Waals surface area contributed by atoms with Crippen molar-refractivity contribution in [2.45, 2.75) is 56.5 Å². The van der Waals surface area contributed by atoms with Crippen molar-refractivity contribution in [3.63, 3.8) is 0 Å². The molecule has 4 rings (SSSR count). The molecule has 0 saturated heterocycles. The molecule has 0 amide bonds. The zero-order valence-corrected chi connectivity index (χ0v) is 16.2. The highest BCUT2D eigenvalue weighted by molar-refractivity contribution is 5.88. The first-order chi connectivity index (χ1) is 13.5. The third-order valence-corrected chi connectivity index (χ3v) is 6.72.